The lowest BCUT2D eigenvalue weighted by atomic mass is 10.1. The van der Waals surface area contributed by atoms with E-state index in [4.69, 9.17) is 0 Å². The number of carbonyl (C=O) groups excluding carboxylic acids is 1. The maximum Gasteiger partial charge on any atom is 0.225 e. The van der Waals surface area contributed by atoms with Gasteiger partial charge in [-0.15, -0.1) is 0 Å². The first-order valence-corrected chi connectivity index (χ1v) is 7.13. The second-order valence-electron chi connectivity index (χ2n) is 5.17. The zero-order valence-electron chi connectivity index (χ0n) is 11.9. The molecule has 2 heterocycles. The molecule has 0 N–H and O–H groups in total. The number of carbonyl (C=O) groups is 1. The van der Waals surface area contributed by atoms with Gasteiger partial charge in [0.05, 0.1) is 0 Å². The normalized spacial score (nSPS) is 15.9. The minimum absolute atomic E-state index is 0.727. The SMILES string of the molecule is O=Cc1ccc(CN2CCN(c3ncccn3)CC2)cc1. The summed E-state index contributed by atoms with van der Waals surface area (Å²) in [6.45, 7) is 4.79. The van der Waals surface area contributed by atoms with Crippen LogP contribution in [0.1, 0.15) is 15.9 Å². The van der Waals surface area contributed by atoms with Crippen molar-refractivity contribution in [1.82, 2.24) is 14.9 Å². The summed E-state index contributed by atoms with van der Waals surface area (Å²) in [4.78, 5) is 23.9. The zero-order valence-corrected chi connectivity index (χ0v) is 11.9. The first-order chi connectivity index (χ1) is 10.3. The fourth-order valence-electron chi connectivity index (χ4n) is 2.52. The molecule has 0 amide bonds. The molecule has 0 atom stereocenters. The first kappa shape index (κ1) is 13.7. The molecule has 1 fully saturated rings. The summed E-state index contributed by atoms with van der Waals surface area (Å²) >= 11 is 0. The van der Waals surface area contributed by atoms with Crippen LogP contribution in [0.4, 0.5) is 5.95 Å². The quantitative estimate of drug-likeness (QED) is 0.797. The van der Waals surface area contributed by atoms with Crippen LogP contribution in [0.25, 0.3) is 0 Å². The van der Waals surface area contributed by atoms with E-state index in [0.29, 0.717) is 0 Å². The van der Waals surface area contributed by atoms with E-state index in [1.165, 1.54) is 5.56 Å². The van der Waals surface area contributed by atoms with Crippen LogP contribution >= 0.6 is 0 Å². The molecule has 2 aromatic rings. The van der Waals surface area contributed by atoms with Crippen LogP contribution in [0.2, 0.25) is 0 Å². The van der Waals surface area contributed by atoms with Crippen molar-refractivity contribution in [1.29, 1.82) is 0 Å². The van der Waals surface area contributed by atoms with Gasteiger partial charge in [-0.2, -0.15) is 0 Å². The average molecular weight is 282 g/mol. The van der Waals surface area contributed by atoms with Gasteiger partial charge in [0.2, 0.25) is 5.95 Å². The second-order valence-corrected chi connectivity index (χ2v) is 5.17. The number of hydrogen-bond donors (Lipinski definition) is 0. The highest BCUT2D eigenvalue weighted by Crippen LogP contribution is 2.12. The van der Waals surface area contributed by atoms with E-state index in [1.807, 2.05) is 30.3 Å². The van der Waals surface area contributed by atoms with Crippen LogP contribution in [0.3, 0.4) is 0 Å². The predicted molar refractivity (Wildman–Crippen MR) is 81.4 cm³/mol. The molecule has 0 spiro atoms. The molecule has 0 bridgehead atoms. The Morgan fingerprint density at radius 1 is 1.00 bits per heavy atom. The van der Waals surface area contributed by atoms with E-state index >= 15 is 0 Å². The first-order valence-electron chi connectivity index (χ1n) is 7.13. The number of benzene rings is 1. The van der Waals surface area contributed by atoms with Gasteiger partial charge in [-0.05, 0) is 11.6 Å². The number of nitrogens with zero attached hydrogens (tertiary/aromatic N) is 4. The highest BCUT2D eigenvalue weighted by molar-refractivity contribution is 5.74. The maximum atomic E-state index is 10.7. The van der Waals surface area contributed by atoms with Crippen LogP contribution < -0.4 is 4.90 Å². The summed E-state index contributed by atoms with van der Waals surface area (Å²) in [5.41, 5.74) is 1.97. The van der Waals surface area contributed by atoms with Crippen molar-refractivity contribution in [2.75, 3.05) is 31.1 Å². The highest BCUT2D eigenvalue weighted by atomic mass is 16.1. The van der Waals surface area contributed by atoms with E-state index in [1.54, 1.807) is 12.4 Å². The Morgan fingerprint density at radius 2 is 1.67 bits per heavy atom. The summed E-state index contributed by atoms with van der Waals surface area (Å²) in [7, 11) is 0. The van der Waals surface area contributed by atoms with Gasteiger partial charge in [0.25, 0.3) is 0 Å². The number of piperazine rings is 1. The summed E-state index contributed by atoms with van der Waals surface area (Å²) in [6, 6.07) is 9.63. The van der Waals surface area contributed by atoms with Crippen LogP contribution in [-0.2, 0) is 6.54 Å². The average Bonchev–Trinajstić information content (AvgIpc) is 2.57. The Morgan fingerprint density at radius 3 is 2.29 bits per heavy atom. The van der Waals surface area contributed by atoms with Crippen LogP contribution in [0, 0.1) is 0 Å². The Labute approximate surface area is 124 Å². The van der Waals surface area contributed by atoms with E-state index in [9.17, 15) is 4.79 Å². The van der Waals surface area contributed by atoms with E-state index in [-0.39, 0.29) is 0 Å². The maximum absolute atomic E-state index is 10.7. The number of aromatic nitrogens is 2. The molecule has 1 aliphatic rings. The summed E-state index contributed by atoms with van der Waals surface area (Å²) < 4.78 is 0. The van der Waals surface area contributed by atoms with Crippen molar-refractivity contribution in [2.24, 2.45) is 0 Å². The van der Waals surface area contributed by atoms with Crippen LogP contribution in [0.15, 0.2) is 42.7 Å². The third-order valence-corrected chi connectivity index (χ3v) is 3.73. The molecule has 1 aromatic carbocycles. The zero-order chi connectivity index (χ0) is 14.5. The molecule has 5 heteroatoms. The van der Waals surface area contributed by atoms with Gasteiger partial charge in [0, 0.05) is 50.7 Å². The molecular weight excluding hydrogens is 264 g/mol. The van der Waals surface area contributed by atoms with Gasteiger partial charge in [-0.3, -0.25) is 9.69 Å². The molecule has 1 aliphatic heterocycles. The fraction of sp³-hybridized carbons (Fsp3) is 0.312. The Kier molecular flexibility index (Phi) is 4.21. The number of hydrogen-bond acceptors (Lipinski definition) is 5. The lowest BCUT2D eigenvalue weighted by Gasteiger charge is -2.34. The summed E-state index contributed by atoms with van der Waals surface area (Å²) in [5.74, 6) is 0.812. The summed E-state index contributed by atoms with van der Waals surface area (Å²) in [5, 5.41) is 0. The van der Waals surface area contributed by atoms with Crippen LogP contribution in [0.5, 0.6) is 0 Å². The number of aldehydes is 1. The predicted octanol–water partition coefficient (Wildman–Crippen LogP) is 1.61. The Balaban J connectivity index is 1.54. The van der Waals surface area contributed by atoms with Crippen LogP contribution in [-0.4, -0.2) is 47.3 Å². The molecule has 1 aromatic heterocycles. The van der Waals surface area contributed by atoms with Crippen molar-refractivity contribution in [3.63, 3.8) is 0 Å². The molecule has 108 valence electrons. The monoisotopic (exact) mass is 282 g/mol. The summed E-state index contributed by atoms with van der Waals surface area (Å²) in [6.07, 6.45) is 4.44. The smallest absolute Gasteiger partial charge is 0.225 e. The lowest BCUT2D eigenvalue weighted by Crippen LogP contribution is -2.46. The molecule has 3 rings (SSSR count). The third kappa shape index (κ3) is 3.44. The van der Waals surface area contributed by atoms with E-state index in [2.05, 4.69) is 19.8 Å². The van der Waals surface area contributed by atoms with E-state index < -0.39 is 0 Å². The van der Waals surface area contributed by atoms with Crippen molar-refractivity contribution in [3.05, 3.63) is 53.9 Å². The van der Waals surface area contributed by atoms with Gasteiger partial charge >= 0.3 is 0 Å². The van der Waals surface area contributed by atoms with Crippen molar-refractivity contribution >= 4 is 12.2 Å². The van der Waals surface area contributed by atoms with Gasteiger partial charge < -0.3 is 4.90 Å². The molecular formula is C16H18N4O. The topological polar surface area (TPSA) is 49.3 Å². The van der Waals surface area contributed by atoms with Gasteiger partial charge in [-0.25, -0.2) is 9.97 Å². The molecule has 21 heavy (non-hydrogen) atoms. The molecule has 5 nitrogen and oxygen atoms in total. The molecule has 0 radical (unpaired) electrons. The van der Waals surface area contributed by atoms with Gasteiger partial charge in [-0.1, -0.05) is 24.3 Å². The molecule has 0 aliphatic carbocycles. The van der Waals surface area contributed by atoms with Crippen molar-refractivity contribution in [3.8, 4) is 0 Å². The van der Waals surface area contributed by atoms with Crippen molar-refractivity contribution in [2.45, 2.75) is 6.54 Å². The number of anilines is 1. The standard InChI is InChI=1S/C16H18N4O/c21-13-15-4-2-14(3-5-15)12-19-8-10-20(11-9-19)16-17-6-1-7-18-16/h1-7,13H,8-12H2. The van der Waals surface area contributed by atoms with Gasteiger partial charge in [0.1, 0.15) is 6.29 Å². The Hall–Kier alpha value is -2.27. The van der Waals surface area contributed by atoms with E-state index in [0.717, 1.165) is 50.5 Å². The lowest BCUT2D eigenvalue weighted by molar-refractivity contribution is 0.112. The Bertz CT molecular complexity index is 577. The minimum Gasteiger partial charge on any atom is -0.338 e. The van der Waals surface area contributed by atoms with Gasteiger partial charge in [0.15, 0.2) is 0 Å². The third-order valence-electron chi connectivity index (χ3n) is 3.73. The molecule has 0 unspecified atom stereocenters. The largest absolute Gasteiger partial charge is 0.338 e. The minimum atomic E-state index is 0.727. The highest BCUT2D eigenvalue weighted by Gasteiger charge is 2.18. The fourth-order valence-corrected chi connectivity index (χ4v) is 2.52. The second kappa shape index (κ2) is 6.45. The molecule has 1 saturated heterocycles. The number of rotatable bonds is 4. The molecule has 0 saturated carbocycles. The van der Waals surface area contributed by atoms with Crippen molar-refractivity contribution < 1.29 is 4.79 Å².